The molecule has 0 saturated carbocycles. The average molecular weight is 339 g/mol. The maximum absolute atomic E-state index is 13.5. The van der Waals surface area contributed by atoms with Gasteiger partial charge in [-0.3, -0.25) is 14.9 Å². The molecule has 0 unspecified atom stereocenters. The molecule has 1 aromatic carbocycles. The summed E-state index contributed by atoms with van der Waals surface area (Å²) < 4.78 is 27.1. The molecular weight excluding hydrogens is 324 g/mol. The van der Waals surface area contributed by atoms with Gasteiger partial charge in [0.15, 0.2) is 5.13 Å². The van der Waals surface area contributed by atoms with Crippen molar-refractivity contribution in [3.8, 4) is 0 Å². The van der Waals surface area contributed by atoms with Gasteiger partial charge in [-0.05, 0) is 18.6 Å². The Morgan fingerprint density at radius 2 is 1.91 bits per heavy atom. The number of thiazole rings is 1. The molecule has 0 atom stereocenters. The Morgan fingerprint density at radius 1 is 1.22 bits per heavy atom. The first-order valence-corrected chi connectivity index (χ1v) is 7.90. The minimum absolute atomic E-state index is 0.0956. The van der Waals surface area contributed by atoms with Crippen molar-refractivity contribution in [2.24, 2.45) is 0 Å². The second-order valence-electron chi connectivity index (χ2n) is 4.70. The van der Waals surface area contributed by atoms with E-state index in [0.29, 0.717) is 6.54 Å². The summed E-state index contributed by atoms with van der Waals surface area (Å²) in [5, 5.41) is 6.54. The Kier molecular flexibility index (Phi) is 5.75. The zero-order valence-electron chi connectivity index (χ0n) is 12.4. The lowest BCUT2D eigenvalue weighted by molar-refractivity contribution is 0.0947. The first-order valence-electron chi connectivity index (χ1n) is 7.02. The summed E-state index contributed by atoms with van der Waals surface area (Å²) >= 11 is 1.00. The summed E-state index contributed by atoms with van der Waals surface area (Å²) in [6.07, 6.45) is 1.80. The van der Waals surface area contributed by atoms with Crippen molar-refractivity contribution in [3.05, 3.63) is 46.5 Å². The summed E-state index contributed by atoms with van der Waals surface area (Å²) in [6, 6.07) is 3.16. The Bertz CT molecular complexity index is 698. The number of rotatable bonds is 6. The third kappa shape index (κ3) is 4.32. The van der Waals surface area contributed by atoms with Gasteiger partial charge in [0.1, 0.15) is 22.9 Å². The largest absolute Gasteiger partial charge is 0.351 e. The first kappa shape index (κ1) is 17.0. The summed E-state index contributed by atoms with van der Waals surface area (Å²) in [5.41, 5.74) is -0.535. The van der Waals surface area contributed by atoms with Crippen LogP contribution in [0.2, 0.25) is 0 Å². The predicted octanol–water partition coefficient (Wildman–Crippen LogP) is 3.20. The van der Waals surface area contributed by atoms with Crippen LogP contribution in [0.3, 0.4) is 0 Å². The zero-order valence-corrected chi connectivity index (χ0v) is 13.2. The van der Waals surface area contributed by atoms with E-state index >= 15 is 0 Å². The molecule has 0 bridgehead atoms. The molecule has 8 heteroatoms. The molecule has 0 saturated heterocycles. The third-order valence-corrected chi connectivity index (χ3v) is 3.72. The van der Waals surface area contributed by atoms with E-state index in [0.717, 1.165) is 36.3 Å². The second-order valence-corrected chi connectivity index (χ2v) is 5.56. The number of aromatic nitrogens is 1. The van der Waals surface area contributed by atoms with Gasteiger partial charge in [0, 0.05) is 11.9 Å². The molecule has 1 aromatic heterocycles. The second kappa shape index (κ2) is 7.77. The van der Waals surface area contributed by atoms with E-state index in [1.165, 1.54) is 11.4 Å². The van der Waals surface area contributed by atoms with Crippen molar-refractivity contribution in [1.82, 2.24) is 10.3 Å². The molecule has 2 N–H and O–H groups in total. The van der Waals surface area contributed by atoms with Gasteiger partial charge < -0.3 is 5.32 Å². The molecule has 2 amide bonds. The van der Waals surface area contributed by atoms with Crippen LogP contribution in [0.5, 0.6) is 0 Å². The lowest BCUT2D eigenvalue weighted by atomic mass is 10.2. The van der Waals surface area contributed by atoms with E-state index in [2.05, 4.69) is 15.6 Å². The van der Waals surface area contributed by atoms with Crippen LogP contribution in [0, 0.1) is 11.6 Å². The lowest BCUT2D eigenvalue weighted by Gasteiger charge is -2.04. The minimum Gasteiger partial charge on any atom is -0.351 e. The minimum atomic E-state index is -0.961. The molecule has 1 heterocycles. The molecule has 0 fully saturated rings. The molecule has 0 aliphatic carbocycles. The summed E-state index contributed by atoms with van der Waals surface area (Å²) in [7, 11) is 0. The van der Waals surface area contributed by atoms with Crippen LogP contribution < -0.4 is 10.6 Å². The van der Waals surface area contributed by atoms with E-state index < -0.39 is 23.1 Å². The van der Waals surface area contributed by atoms with Crippen LogP contribution in [-0.2, 0) is 0 Å². The van der Waals surface area contributed by atoms with Crippen molar-refractivity contribution in [2.45, 2.75) is 19.8 Å². The number of nitrogens with one attached hydrogen (secondary N) is 2. The van der Waals surface area contributed by atoms with Crippen molar-refractivity contribution in [1.29, 1.82) is 0 Å². The molecular formula is C15H15F2N3O2S. The normalized spacial score (nSPS) is 10.4. The maximum Gasteiger partial charge on any atom is 0.270 e. The van der Waals surface area contributed by atoms with Gasteiger partial charge in [-0.25, -0.2) is 13.8 Å². The number of amides is 2. The number of nitrogens with zero attached hydrogens (tertiary/aromatic N) is 1. The third-order valence-electron chi connectivity index (χ3n) is 2.96. The van der Waals surface area contributed by atoms with E-state index in [1.807, 2.05) is 6.92 Å². The summed E-state index contributed by atoms with van der Waals surface area (Å²) in [6.45, 7) is 2.54. The SMILES string of the molecule is CCCCNC(=O)c1csc(NC(=O)c2c(F)cccc2F)n1. The van der Waals surface area contributed by atoms with Crippen molar-refractivity contribution < 1.29 is 18.4 Å². The number of anilines is 1. The van der Waals surface area contributed by atoms with Gasteiger partial charge >= 0.3 is 0 Å². The van der Waals surface area contributed by atoms with Crippen LogP contribution >= 0.6 is 11.3 Å². The quantitative estimate of drug-likeness (QED) is 0.794. The van der Waals surface area contributed by atoms with Gasteiger partial charge in [-0.15, -0.1) is 11.3 Å². The number of hydrogen-bond donors (Lipinski definition) is 2. The fraction of sp³-hybridized carbons (Fsp3) is 0.267. The number of carbonyl (C=O) groups excluding carboxylic acids is 2. The van der Waals surface area contributed by atoms with Gasteiger partial charge in [0.05, 0.1) is 0 Å². The van der Waals surface area contributed by atoms with Crippen LogP contribution in [0.1, 0.15) is 40.6 Å². The van der Waals surface area contributed by atoms with Crippen LogP contribution in [0.4, 0.5) is 13.9 Å². The molecule has 5 nitrogen and oxygen atoms in total. The van der Waals surface area contributed by atoms with E-state index in [4.69, 9.17) is 0 Å². The fourth-order valence-electron chi connectivity index (χ4n) is 1.78. The Balaban J connectivity index is 2.04. The summed E-state index contributed by atoms with van der Waals surface area (Å²) in [5.74, 6) is -3.23. The maximum atomic E-state index is 13.5. The number of unbranched alkanes of at least 4 members (excludes halogenated alkanes) is 1. The molecule has 0 spiro atoms. The predicted molar refractivity (Wildman–Crippen MR) is 83.7 cm³/mol. The van der Waals surface area contributed by atoms with Gasteiger partial charge in [0.25, 0.3) is 11.8 Å². The van der Waals surface area contributed by atoms with Gasteiger partial charge in [-0.2, -0.15) is 0 Å². The fourth-order valence-corrected chi connectivity index (χ4v) is 2.46. The molecule has 0 radical (unpaired) electrons. The highest BCUT2D eigenvalue weighted by molar-refractivity contribution is 7.14. The number of benzene rings is 1. The van der Waals surface area contributed by atoms with Crippen LogP contribution in [0.15, 0.2) is 23.6 Å². The van der Waals surface area contributed by atoms with Crippen molar-refractivity contribution in [2.75, 3.05) is 11.9 Å². The smallest absolute Gasteiger partial charge is 0.270 e. The monoisotopic (exact) mass is 339 g/mol. The van der Waals surface area contributed by atoms with E-state index in [9.17, 15) is 18.4 Å². The zero-order chi connectivity index (χ0) is 16.8. The average Bonchev–Trinajstić information content (AvgIpc) is 2.95. The molecule has 122 valence electrons. The molecule has 23 heavy (non-hydrogen) atoms. The molecule has 2 aromatic rings. The Labute approximate surface area is 135 Å². The van der Waals surface area contributed by atoms with Crippen LogP contribution in [-0.4, -0.2) is 23.3 Å². The number of halogens is 2. The molecule has 0 aliphatic rings. The Morgan fingerprint density at radius 3 is 2.57 bits per heavy atom. The topological polar surface area (TPSA) is 71.1 Å². The van der Waals surface area contributed by atoms with E-state index in [-0.39, 0.29) is 16.7 Å². The lowest BCUT2D eigenvalue weighted by Crippen LogP contribution is -2.24. The highest BCUT2D eigenvalue weighted by atomic mass is 32.1. The number of hydrogen-bond acceptors (Lipinski definition) is 4. The highest BCUT2D eigenvalue weighted by Gasteiger charge is 2.19. The van der Waals surface area contributed by atoms with Gasteiger partial charge in [0.2, 0.25) is 0 Å². The number of carbonyl (C=O) groups is 2. The van der Waals surface area contributed by atoms with Crippen molar-refractivity contribution in [3.63, 3.8) is 0 Å². The highest BCUT2D eigenvalue weighted by Crippen LogP contribution is 2.18. The van der Waals surface area contributed by atoms with Gasteiger partial charge in [-0.1, -0.05) is 19.4 Å². The molecule has 2 rings (SSSR count). The molecule has 0 aliphatic heterocycles. The Hall–Kier alpha value is -2.35. The summed E-state index contributed by atoms with van der Waals surface area (Å²) in [4.78, 5) is 27.7. The van der Waals surface area contributed by atoms with E-state index in [1.54, 1.807) is 0 Å². The standard InChI is InChI=1S/C15H15F2N3O2S/c1-2-3-7-18-13(21)11-8-23-15(19-11)20-14(22)12-9(16)5-4-6-10(12)17/h4-6,8H,2-3,7H2,1H3,(H,18,21)(H,19,20,22). The van der Waals surface area contributed by atoms with Crippen molar-refractivity contribution >= 4 is 28.3 Å². The van der Waals surface area contributed by atoms with Crippen LogP contribution in [0.25, 0.3) is 0 Å². The first-order chi connectivity index (χ1) is 11.0.